The lowest BCUT2D eigenvalue weighted by Crippen LogP contribution is -2.39. The molecule has 1 unspecified atom stereocenters. The Morgan fingerprint density at radius 1 is 1.13 bits per heavy atom. The van der Waals surface area contributed by atoms with Crippen molar-refractivity contribution in [1.29, 1.82) is 0 Å². The van der Waals surface area contributed by atoms with Gasteiger partial charge in [0.1, 0.15) is 5.82 Å². The van der Waals surface area contributed by atoms with Crippen LogP contribution in [0.2, 0.25) is 0 Å². The van der Waals surface area contributed by atoms with Crippen molar-refractivity contribution in [3.63, 3.8) is 0 Å². The number of aromatic nitrogens is 3. The van der Waals surface area contributed by atoms with E-state index >= 15 is 0 Å². The number of hydrogen-bond donors (Lipinski definition) is 1. The molecule has 1 aromatic carbocycles. The highest BCUT2D eigenvalue weighted by Crippen LogP contribution is 2.30. The van der Waals surface area contributed by atoms with Crippen LogP contribution in [0.4, 0.5) is 10.3 Å². The number of pyridine rings is 1. The third kappa shape index (κ3) is 4.30. The van der Waals surface area contributed by atoms with Gasteiger partial charge in [-0.15, -0.1) is 0 Å². The van der Waals surface area contributed by atoms with Crippen LogP contribution in [0.5, 0.6) is 0 Å². The van der Waals surface area contributed by atoms with Crippen molar-refractivity contribution in [2.75, 3.05) is 25.5 Å². The summed E-state index contributed by atoms with van der Waals surface area (Å²) >= 11 is 0. The predicted molar refractivity (Wildman–Crippen MR) is 114 cm³/mol. The second-order valence-corrected chi connectivity index (χ2v) is 7.56. The summed E-state index contributed by atoms with van der Waals surface area (Å²) in [6, 6.07) is 10.5. The monoisotopic (exact) mass is 405 g/mol. The summed E-state index contributed by atoms with van der Waals surface area (Å²) in [6.07, 6.45) is 5.00. The molecule has 3 heterocycles. The molecule has 1 amide bonds. The zero-order valence-corrected chi connectivity index (χ0v) is 17.1. The SMILES string of the molecule is CNc1ncc(C(=O)N2CCCC(c3cc(-c4ccc(F)cc4)cc(C)n3)C2)cn1. The number of carbonyl (C=O) groups excluding carboxylic acids is 1. The summed E-state index contributed by atoms with van der Waals surface area (Å²) in [5.74, 6) is 0.325. The smallest absolute Gasteiger partial charge is 0.257 e. The summed E-state index contributed by atoms with van der Waals surface area (Å²) in [5.41, 5.74) is 4.32. The highest BCUT2D eigenvalue weighted by Gasteiger charge is 2.27. The van der Waals surface area contributed by atoms with Crippen LogP contribution in [-0.4, -0.2) is 45.9 Å². The maximum absolute atomic E-state index is 13.3. The van der Waals surface area contributed by atoms with E-state index in [1.807, 2.05) is 17.9 Å². The minimum absolute atomic E-state index is 0.0613. The summed E-state index contributed by atoms with van der Waals surface area (Å²) in [6.45, 7) is 3.27. The number of hydrogen-bond acceptors (Lipinski definition) is 5. The van der Waals surface area contributed by atoms with E-state index in [1.165, 1.54) is 12.1 Å². The van der Waals surface area contributed by atoms with Crippen LogP contribution in [0.15, 0.2) is 48.8 Å². The molecule has 0 spiro atoms. The van der Waals surface area contributed by atoms with Crippen molar-refractivity contribution in [3.8, 4) is 11.1 Å². The van der Waals surface area contributed by atoms with E-state index in [4.69, 9.17) is 4.98 Å². The normalized spacial score (nSPS) is 16.4. The van der Waals surface area contributed by atoms with Crippen LogP contribution in [0.25, 0.3) is 11.1 Å². The Morgan fingerprint density at radius 2 is 1.87 bits per heavy atom. The Kier molecular flexibility index (Phi) is 5.70. The number of aryl methyl sites for hydroxylation is 1. The highest BCUT2D eigenvalue weighted by atomic mass is 19.1. The number of amides is 1. The number of carbonyl (C=O) groups is 1. The maximum Gasteiger partial charge on any atom is 0.257 e. The van der Waals surface area contributed by atoms with Crippen LogP contribution in [0.3, 0.4) is 0 Å². The molecule has 1 N–H and O–H groups in total. The molecule has 1 saturated heterocycles. The number of anilines is 1. The molecule has 0 saturated carbocycles. The van der Waals surface area contributed by atoms with E-state index < -0.39 is 0 Å². The Balaban J connectivity index is 1.55. The quantitative estimate of drug-likeness (QED) is 0.709. The van der Waals surface area contributed by atoms with Gasteiger partial charge >= 0.3 is 0 Å². The summed E-state index contributed by atoms with van der Waals surface area (Å²) in [5, 5.41) is 2.85. The largest absolute Gasteiger partial charge is 0.357 e. The highest BCUT2D eigenvalue weighted by molar-refractivity contribution is 5.93. The molecule has 6 nitrogen and oxygen atoms in total. The van der Waals surface area contributed by atoms with Gasteiger partial charge in [-0.3, -0.25) is 9.78 Å². The molecule has 1 atom stereocenters. The summed E-state index contributed by atoms with van der Waals surface area (Å²) in [7, 11) is 1.74. The molecule has 4 rings (SSSR count). The van der Waals surface area contributed by atoms with E-state index in [-0.39, 0.29) is 17.6 Å². The van der Waals surface area contributed by atoms with Crippen molar-refractivity contribution in [3.05, 3.63) is 71.6 Å². The Labute approximate surface area is 175 Å². The molecule has 1 aliphatic rings. The average molecular weight is 405 g/mol. The fourth-order valence-electron chi connectivity index (χ4n) is 3.87. The van der Waals surface area contributed by atoms with Crippen LogP contribution in [0.1, 0.15) is 40.5 Å². The summed E-state index contributed by atoms with van der Waals surface area (Å²) in [4.78, 5) is 27.8. The molecule has 30 heavy (non-hydrogen) atoms. The first-order valence-corrected chi connectivity index (χ1v) is 10.1. The van der Waals surface area contributed by atoms with Gasteiger partial charge in [-0.1, -0.05) is 12.1 Å². The summed E-state index contributed by atoms with van der Waals surface area (Å²) < 4.78 is 13.3. The Hall–Kier alpha value is -3.35. The van der Waals surface area contributed by atoms with Gasteiger partial charge in [0.15, 0.2) is 0 Å². The molecule has 1 fully saturated rings. The standard InChI is InChI=1S/C23H24FN5O/c1-15-10-18(16-5-7-20(24)8-6-16)11-21(28-15)17-4-3-9-29(14-17)22(30)19-12-26-23(25-2)27-13-19/h5-8,10-13,17H,3-4,9,14H2,1-2H3,(H,25,26,27). The average Bonchev–Trinajstić information content (AvgIpc) is 2.79. The van der Waals surface area contributed by atoms with E-state index in [2.05, 4.69) is 21.4 Å². The predicted octanol–water partition coefficient (Wildman–Crippen LogP) is 4.05. The molecule has 2 aromatic heterocycles. The third-order valence-corrected chi connectivity index (χ3v) is 5.40. The number of benzene rings is 1. The van der Waals surface area contributed by atoms with Crippen molar-refractivity contribution >= 4 is 11.9 Å². The van der Waals surface area contributed by atoms with E-state index in [9.17, 15) is 9.18 Å². The molecule has 0 bridgehead atoms. The molecule has 154 valence electrons. The van der Waals surface area contributed by atoms with Gasteiger partial charge in [0.05, 0.1) is 5.56 Å². The van der Waals surface area contributed by atoms with Crippen molar-refractivity contribution in [1.82, 2.24) is 19.9 Å². The number of likely N-dealkylation sites (tertiary alicyclic amines) is 1. The van der Waals surface area contributed by atoms with Crippen molar-refractivity contribution in [2.24, 2.45) is 0 Å². The van der Waals surface area contributed by atoms with Gasteiger partial charge < -0.3 is 10.2 Å². The van der Waals surface area contributed by atoms with E-state index in [0.717, 1.165) is 35.4 Å². The number of rotatable bonds is 4. The van der Waals surface area contributed by atoms with Crippen LogP contribution >= 0.6 is 0 Å². The molecule has 3 aromatic rings. The molecular weight excluding hydrogens is 381 g/mol. The van der Waals surface area contributed by atoms with Gasteiger partial charge in [0.25, 0.3) is 5.91 Å². The molecule has 1 aliphatic heterocycles. The van der Waals surface area contributed by atoms with Gasteiger partial charge in [-0.25, -0.2) is 14.4 Å². The molecular formula is C23H24FN5O. The second kappa shape index (κ2) is 8.57. The van der Waals surface area contributed by atoms with Crippen molar-refractivity contribution < 1.29 is 9.18 Å². The fourth-order valence-corrected chi connectivity index (χ4v) is 3.87. The first-order valence-electron chi connectivity index (χ1n) is 10.1. The lowest BCUT2D eigenvalue weighted by atomic mass is 9.92. The third-order valence-electron chi connectivity index (χ3n) is 5.40. The first kappa shape index (κ1) is 19.9. The Morgan fingerprint density at radius 3 is 2.57 bits per heavy atom. The minimum Gasteiger partial charge on any atom is -0.357 e. The number of halogens is 1. The second-order valence-electron chi connectivity index (χ2n) is 7.56. The van der Waals surface area contributed by atoms with Crippen molar-refractivity contribution in [2.45, 2.75) is 25.7 Å². The zero-order valence-electron chi connectivity index (χ0n) is 17.1. The van der Waals surface area contributed by atoms with E-state index in [0.29, 0.717) is 24.6 Å². The Bertz CT molecular complexity index is 1040. The number of piperidine rings is 1. The minimum atomic E-state index is -0.252. The fraction of sp³-hybridized carbons (Fsp3) is 0.304. The number of nitrogens with zero attached hydrogens (tertiary/aromatic N) is 4. The van der Waals surface area contributed by atoms with Gasteiger partial charge in [0, 0.05) is 49.8 Å². The van der Waals surface area contributed by atoms with Crippen LogP contribution in [0, 0.1) is 12.7 Å². The number of nitrogens with one attached hydrogen (secondary N) is 1. The lowest BCUT2D eigenvalue weighted by molar-refractivity contribution is 0.0705. The van der Waals surface area contributed by atoms with Gasteiger partial charge in [-0.05, 0) is 55.2 Å². The lowest BCUT2D eigenvalue weighted by Gasteiger charge is -2.32. The molecule has 0 radical (unpaired) electrons. The zero-order chi connectivity index (χ0) is 21.1. The van der Waals surface area contributed by atoms with E-state index in [1.54, 1.807) is 31.6 Å². The first-order chi connectivity index (χ1) is 14.5. The van der Waals surface area contributed by atoms with Crippen LogP contribution < -0.4 is 5.32 Å². The van der Waals surface area contributed by atoms with Gasteiger partial charge in [0.2, 0.25) is 5.95 Å². The van der Waals surface area contributed by atoms with Gasteiger partial charge in [-0.2, -0.15) is 0 Å². The molecule has 7 heteroatoms. The molecule has 0 aliphatic carbocycles. The maximum atomic E-state index is 13.3. The topological polar surface area (TPSA) is 71.0 Å². The van der Waals surface area contributed by atoms with Crippen LogP contribution in [-0.2, 0) is 0 Å².